The predicted molar refractivity (Wildman–Crippen MR) is 99.8 cm³/mol. The molecular formula is C17H22N4O3S2. The molecule has 3 heterocycles. The second-order valence-corrected chi connectivity index (χ2v) is 9.06. The first-order valence-electron chi connectivity index (χ1n) is 8.93. The van der Waals surface area contributed by atoms with Crippen molar-refractivity contribution < 1.29 is 13.2 Å². The predicted octanol–water partition coefficient (Wildman–Crippen LogP) is 2.57. The van der Waals surface area contributed by atoms with Crippen LogP contribution in [0, 0.1) is 4.77 Å². The Hall–Kier alpha value is -1.55. The van der Waals surface area contributed by atoms with Crippen LogP contribution in [-0.2, 0) is 21.3 Å². The van der Waals surface area contributed by atoms with Gasteiger partial charge in [-0.2, -0.15) is 9.40 Å². The smallest absolute Gasteiger partial charge is 0.243 e. The molecule has 7 nitrogen and oxygen atoms in total. The molecule has 2 saturated heterocycles. The number of benzene rings is 1. The Labute approximate surface area is 158 Å². The standard InChI is InChI=1S/C17H22N4O3S2/c22-26(23,20-9-1-2-10-20)15-7-5-13(6-8-15)16-18-19-17(25)21(16)12-14-4-3-11-24-14/h5-8,14H,1-4,9-12H2,(H,19,25)/t14-/m0/s1. The fourth-order valence-electron chi connectivity index (χ4n) is 3.55. The van der Waals surface area contributed by atoms with Crippen LogP contribution in [0.2, 0.25) is 0 Å². The maximum Gasteiger partial charge on any atom is 0.243 e. The first-order chi connectivity index (χ1) is 12.6. The highest BCUT2D eigenvalue weighted by Gasteiger charge is 2.27. The summed E-state index contributed by atoms with van der Waals surface area (Å²) in [6, 6.07) is 6.88. The summed E-state index contributed by atoms with van der Waals surface area (Å²) in [5.41, 5.74) is 0.829. The highest BCUT2D eigenvalue weighted by Crippen LogP contribution is 2.25. The molecule has 0 unspecified atom stereocenters. The lowest BCUT2D eigenvalue weighted by atomic mass is 10.2. The SMILES string of the molecule is O=S(=O)(c1ccc(-c2n[nH]c(=S)n2C[C@@H]2CCCO2)cc1)N1CCCC1. The van der Waals surface area contributed by atoms with Crippen LogP contribution >= 0.6 is 12.2 Å². The second-order valence-electron chi connectivity index (χ2n) is 6.73. The molecule has 0 amide bonds. The molecule has 1 N–H and O–H groups in total. The minimum absolute atomic E-state index is 0.146. The average molecular weight is 395 g/mol. The Morgan fingerprint density at radius 1 is 1.19 bits per heavy atom. The minimum Gasteiger partial charge on any atom is -0.376 e. The molecule has 9 heteroatoms. The molecule has 2 aliphatic heterocycles. The number of sulfonamides is 1. The zero-order valence-corrected chi connectivity index (χ0v) is 16.1. The van der Waals surface area contributed by atoms with Crippen LogP contribution in [0.4, 0.5) is 0 Å². The Balaban J connectivity index is 1.60. The maximum atomic E-state index is 12.6. The first-order valence-corrected chi connectivity index (χ1v) is 10.8. The van der Waals surface area contributed by atoms with Crippen molar-refractivity contribution in [3.63, 3.8) is 0 Å². The quantitative estimate of drug-likeness (QED) is 0.789. The van der Waals surface area contributed by atoms with Crippen LogP contribution in [0.5, 0.6) is 0 Å². The molecule has 1 aromatic carbocycles. The first kappa shape index (κ1) is 17.8. The molecule has 140 valence electrons. The van der Waals surface area contributed by atoms with Crippen LogP contribution in [0.3, 0.4) is 0 Å². The van der Waals surface area contributed by atoms with Gasteiger partial charge in [0.15, 0.2) is 10.6 Å². The number of rotatable bonds is 5. The van der Waals surface area contributed by atoms with Gasteiger partial charge >= 0.3 is 0 Å². The van der Waals surface area contributed by atoms with E-state index in [2.05, 4.69) is 10.2 Å². The van der Waals surface area contributed by atoms with Gasteiger partial charge in [-0.15, -0.1) is 0 Å². The van der Waals surface area contributed by atoms with Gasteiger partial charge in [0.1, 0.15) is 0 Å². The van der Waals surface area contributed by atoms with E-state index >= 15 is 0 Å². The number of aromatic amines is 1. The van der Waals surface area contributed by atoms with Crippen molar-refractivity contribution in [2.75, 3.05) is 19.7 Å². The van der Waals surface area contributed by atoms with E-state index in [9.17, 15) is 8.42 Å². The van der Waals surface area contributed by atoms with Crippen LogP contribution in [0.25, 0.3) is 11.4 Å². The van der Waals surface area contributed by atoms with E-state index in [0.717, 1.165) is 37.9 Å². The van der Waals surface area contributed by atoms with Crippen LogP contribution in [0.1, 0.15) is 25.7 Å². The van der Waals surface area contributed by atoms with Gasteiger partial charge < -0.3 is 4.74 Å². The number of hydrogen-bond donors (Lipinski definition) is 1. The molecule has 26 heavy (non-hydrogen) atoms. The molecule has 0 spiro atoms. The lowest BCUT2D eigenvalue weighted by Crippen LogP contribution is -2.27. The largest absolute Gasteiger partial charge is 0.376 e. The van der Waals surface area contributed by atoms with Gasteiger partial charge in [0.2, 0.25) is 10.0 Å². The van der Waals surface area contributed by atoms with Gasteiger partial charge in [0.05, 0.1) is 17.5 Å². The summed E-state index contributed by atoms with van der Waals surface area (Å²) in [6.45, 7) is 2.64. The third-order valence-corrected chi connectivity index (χ3v) is 7.21. The van der Waals surface area contributed by atoms with Crippen molar-refractivity contribution in [2.24, 2.45) is 0 Å². The van der Waals surface area contributed by atoms with Crippen molar-refractivity contribution in [3.8, 4) is 11.4 Å². The number of hydrogen-bond acceptors (Lipinski definition) is 5. The molecule has 0 saturated carbocycles. The summed E-state index contributed by atoms with van der Waals surface area (Å²) in [5, 5.41) is 7.16. The Kier molecular flexibility index (Phi) is 4.96. The summed E-state index contributed by atoms with van der Waals surface area (Å²) in [7, 11) is -3.40. The third kappa shape index (κ3) is 3.36. The second kappa shape index (κ2) is 7.22. The number of nitrogens with zero attached hydrogens (tertiary/aromatic N) is 3. The molecule has 1 aromatic heterocycles. The molecule has 2 fully saturated rings. The molecule has 0 radical (unpaired) electrons. The number of H-pyrrole nitrogens is 1. The molecule has 2 aromatic rings. The Morgan fingerprint density at radius 2 is 1.92 bits per heavy atom. The zero-order chi connectivity index (χ0) is 18.1. The van der Waals surface area contributed by atoms with Crippen LogP contribution < -0.4 is 0 Å². The Bertz CT molecular complexity index is 922. The molecule has 1 atom stereocenters. The molecule has 0 aliphatic carbocycles. The van der Waals surface area contributed by atoms with Gasteiger partial charge in [0.25, 0.3) is 0 Å². The van der Waals surface area contributed by atoms with Gasteiger partial charge in [-0.05, 0) is 62.2 Å². The highest BCUT2D eigenvalue weighted by molar-refractivity contribution is 7.89. The minimum atomic E-state index is -3.40. The fourth-order valence-corrected chi connectivity index (χ4v) is 5.28. The fraction of sp³-hybridized carbons (Fsp3) is 0.529. The number of ether oxygens (including phenoxy) is 1. The number of aromatic nitrogens is 3. The van der Waals surface area contributed by atoms with Gasteiger partial charge in [0, 0.05) is 25.3 Å². The van der Waals surface area contributed by atoms with E-state index in [4.69, 9.17) is 17.0 Å². The average Bonchev–Trinajstić information content (AvgIpc) is 3.39. The van der Waals surface area contributed by atoms with Gasteiger partial charge in [-0.3, -0.25) is 9.67 Å². The van der Waals surface area contributed by atoms with Gasteiger partial charge in [-0.25, -0.2) is 8.42 Å². The Morgan fingerprint density at radius 3 is 2.58 bits per heavy atom. The topological polar surface area (TPSA) is 80.2 Å². The summed E-state index contributed by atoms with van der Waals surface area (Å²) in [4.78, 5) is 0.322. The maximum absolute atomic E-state index is 12.6. The van der Waals surface area contributed by atoms with Crippen LogP contribution in [0.15, 0.2) is 29.2 Å². The molecule has 4 rings (SSSR count). The van der Waals surface area contributed by atoms with E-state index in [1.165, 1.54) is 0 Å². The van der Waals surface area contributed by atoms with E-state index in [1.807, 2.05) is 4.57 Å². The summed E-state index contributed by atoms with van der Waals surface area (Å²) in [6.07, 6.45) is 4.08. The van der Waals surface area contributed by atoms with Gasteiger partial charge in [-0.1, -0.05) is 0 Å². The van der Waals surface area contributed by atoms with Crippen molar-refractivity contribution in [1.82, 2.24) is 19.1 Å². The van der Waals surface area contributed by atoms with Crippen molar-refractivity contribution in [2.45, 2.75) is 43.2 Å². The monoisotopic (exact) mass is 394 g/mol. The number of nitrogens with one attached hydrogen (secondary N) is 1. The normalized spacial score (nSPS) is 21.5. The zero-order valence-electron chi connectivity index (χ0n) is 14.4. The third-order valence-electron chi connectivity index (χ3n) is 4.98. The molecular weight excluding hydrogens is 372 g/mol. The molecule has 0 bridgehead atoms. The highest BCUT2D eigenvalue weighted by atomic mass is 32.2. The summed E-state index contributed by atoms with van der Waals surface area (Å²) in [5.74, 6) is 0.704. The lowest BCUT2D eigenvalue weighted by molar-refractivity contribution is 0.0970. The lowest BCUT2D eigenvalue weighted by Gasteiger charge is -2.16. The van der Waals surface area contributed by atoms with Crippen molar-refractivity contribution >= 4 is 22.2 Å². The van der Waals surface area contributed by atoms with E-state index in [-0.39, 0.29) is 6.10 Å². The van der Waals surface area contributed by atoms with Crippen LogP contribution in [-0.4, -0.2) is 53.3 Å². The van der Waals surface area contributed by atoms with E-state index < -0.39 is 10.0 Å². The van der Waals surface area contributed by atoms with E-state index in [0.29, 0.717) is 35.1 Å². The summed E-state index contributed by atoms with van der Waals surface area (Å²) >= 11 is 5.35. The molecule has 2 aliphatic rings. The van der Waals surface area contributed by atoms with Crippen molar-refractivity contribution in [1.29, 1.82) is 0 Å². The van der Waals surface area contributed by atoms with E-state index in [1.54, 1.807) is 28.6 Å². The summed E-state index contributed by atoms with van der Waals surface area (Å²) < 4.78 is 35.0. The van der Waals surface area contributed by atoms with Crippen molar-refractivity contribution in [3.05, 3.63) is 29.0 Å².